The van der Waals surface area contributed by atoms with Crippen molar-refractivity contribution >= 4 is 17.5 Å². The van der Waals surface area contributed by atoms with Crippen LogP contribution in [-0.2, 0) is 0 Å². The maximum absolute atomic E-state index is 8.55. The maximum atomic E-state index is 8.55. The zero-order chi connectivity index (χ0) is 7.40. The highest BCUT2D eigenvalue weighted by molar-refractivity contribution is 6.99. The van der Waals surface area contributed by atoms with E-state index < -0.39 is 0 Å². The van der Waals surface area contributed by atoms with Crippen molar-refractivity contribution in [1.82, 2.24) is 8.75 Å². The molecule has 0 spiro atoms. The van der Waals surface area contributed by atoms with E-state index in [1.165, 1.54) is 11.7 Å². The molecule has 0 radical (unpaired) electrons. The lowest BCUT2D eigenvalue weighted by Crippen LogP contribution is -2.21. The smallest absolute Gasteiger partial charge is 0.162 e. The number of rotatable bonds is 3. The minimum absolute atomic E-state index is 0.147. The summed E-state index contributed by atoms with van der Waals surface area (Å²) in [5.74, 6) is 0.819. The van der Waals surface area contributed by atoms with Crippen LogP contribution < -0.4 is 4.90 Å². The first-order valence-corrected chi connectivity index (χ1v) is 3.67. The lowest BCUT2D eigenvalue weighted by Gasteiger charge is -2.12. The molecule has 1 aromatic heterocycles. The summed E-state index contributed by atoms with van der Waals surface area (Å²) in [5, 5.41) is 8.55. The van der Waals surface area contributed by atoms with E-state index in [0.29, 0.717) is 6.54 Å². The van der Waals surface area contributed by atoms with Crippen LogP contribution in [0.2, 0.25) is 0 Å². The second-order valence-corrected chi connectivity index (χ2v) is 2.47. The molecule has 0 aromatic carbocycles. The van der Waals surface area contributed by atoms with Gasteiger partial charge in [-0.3, -0.25) is 0 Å². The predicted octanol–water partition coefficient (Wildman–Crippen LogP) is -0.0334. The van der Waals surface area contributed by atoms with Gasteiger partial charge < -0.3 is 10.0 Å². The van der Waals surface area contributed by atoms with Gasteiger partial charge in [0.15, 0.2) is 5.82 Å². The number of likely N-dealkylation sites (N-methyl/N-ethyl adjacent to an activating group) is 1. The Bertz CT molecular complexity index is 177. The van der Waals surface area contributed by atoms with Gasteiger partial charge in [0.2, 0.25) is 0 Å². The Balaban J connectivity index is 2.50. The van der Waals surface area contributed by atoms with Crippen LogP contribution in [-0.4, -0.2) is 34.1 Å². The van der Waals surface area contributed by atoms with E-state index in [1.54, 1.807) is 6.20 Å². The van der Waals surface area contributed by atoms with Crippen LogP contribution >= 0.6 is 11.7 Å². The van der Waals surface area contributed by atoms with E-state index in [9.17, 15) is 0 Å². The molecular formula is C5H9N3OS. The van der Waals surface area contributed by atoms with E-state index in [-0.39, 0.29) is 6.61 Å². The van der Waals surface area contributed by atoms with Gasteiger partial charge in [-0.05, 0) is 0 Å². The van der Waals surface area contributed by atoms with Gasteiger partial charge in [0.05, 0.1) is 24.5 Å². The molecule has 10 heavy (non-hydrogen) atoms. The Labute approximate surface area is 63.4 Å². The second-order valence-electron chi connectivity index (χ2n) is 1.91. The fourth-order valence-corrected chi connectivity index (χ4v) is 1.05. The summed E-state index contributed by atoms with van der Waals surface area (Å²) in [7, 11) is 1.87. The summed E-state index contributed by atoms with van der Waals surface area (Å²) >= 11 is 1.17. The molecule has 0 aliphatic rings. The zero-order valence-electron chi connectivity index (χ0n) is 5.69. The molecule has 0 fully saturated rings. The minimum atomic E-state index is 0.147. The van der Waals surface area contributed by atoms with E-state index in [4.69, 9.17) is 5.11 Å². The van der Waals surface area contributed by atoms with Gasteiger partial charge in [-0.2, -0.15) is 8.75 Å². The number of anilines is 1. The summed E-state index contributed by atoms with van der Waals surface area (Å²) in [6.45, 7) is 0.749. The topological polar surface area (TPSA) is 49.2 Å². The normalized spacial score (nSPS) is 9.80. The third-order valence-corrected chi connectivity index (χ3v) is 1.64. The van der Waals surface area contributed by atoms with E-state index in [0.717, 1.165) is 5.82 Å². The molecule has 1 aromatic rings. The summed E-state index contributed by atoms with van der Waals surface area (Å²) < 4.78 is 7.81. The van der Waals surface area contributed by atoms with E-state index >= 15 is 0 Å². The highest BCUT2D eigenvalue weighted by Gasteiger charge is 2.00. The number of hydrogen-bond acceptors (Lipinski definition) is 5. The largest absolute Gasteiger partial charge is 0.395 e. The summed E-state index contributed by atoms with van der Waals surface area (Å²) in [4.78, 5) is 1.85. The molecule has 0 saturated carbocycles. The first kappa shape index (κ1) is 7.43. The maximum Gasteiger partial charge on any atom is 0.162 e. The van der Waals surface area contributed by atoms with Crippen molar-refractivity contribution in [3.63, 3.8) is 0 Å². The quantitative estimate of drug-likeness (QED) is 0.672. The third kappa shape index (κ3) is 1.65. The molecule has 0 atom stereocenters. The Morgan fingerprint density at radius 2 is 2.60 bits per heavy atom. The van der Waals surface area contributed by atoms with Crippen LogP contribution in [0.1, 0.15) is 0 Å². The Morgan fingerprint density at radius 1 is 1.80 bits per heavy atom. The molecule has 4 nitrogen and oxygen atoms in total. The second kappa shape index (κ2) is 3.48. The van der Waals surface area contributed by atoms with E-state index in [1.807, 2.05) is 11.9 Å². The van der Waals surface area contributed by atoms with E-state index in [2.05, 4.69) is 8.75 Å². The van der Waals surface area contributed by atoms with Crippen molar-refractivity contribution in [3.8, 4) is 0 Å². The number of aliphatic hydroxyl groups is 1. The van der Waals surface area contributed by atoms with Gasteiger partial charge in [-0.15, -0.1) is 0 Å². The average Bonchev–Trinajstić information content (AvgIpc) is 2.38. The number of nitrogens with zero attached hydrogens (tertiary/aromatic N) is 3. The van der Waals surface area contributed by atoms with Crippen LogP contribution in [0.15, 0.2) is 6.20 Å². The molecular weight excluding hydrogens is 150 g/mol. The lowest BCUT2D eigenvalue weighted by molar-refractivity contribution is 0.304. The molecule has 0 bridgehead atoms. The summed E-state index contributed by atoms with van der Waals surface area (Å²) in [5.41, 5.74) is 0. The molecule has 0 saturated heterocycles. The van der Waals surface area contributed by atoms with Crippen molar-refractivity contribution in [3.05, 3.63) is 6.20 Å². The Morgan fingerprint density at radius 3 is 3.10 bits per heavy atom. The fourth-order valence-electron chi connectivity index (χ4n) is 0.592. The first-order chi connectivity index (χ1) is 4.84. The van der Waals surface area contributed by atoms with Crippen LogP contribution in [0.25, 0.3) is 0 Å². The van der Waals surface area contributed by atoms with Crippen LogP contribution in [0, 0.1) is 0 Å². The number of aromatic nitrogens is 2. The molecule has 0 unspecified atom stereocenters. The molecule has 56 valence electrons. The number of aliphatic hydroxyl groups excluding tert-OH is 1. The van der Waals surface area contributed by atoms with Crippen molar-refractivity contribution in [2.24, 2.45) is 0 Å². The van der Waals surface area contributed by atoms with Crippen LogP contribution in [0.5, 0.6) is 0 Å². The van der Waals surface area contributed by atoms with Crippen LogP contribution in [0.3, 0.4) is 0 Å². The highest BCUT2D eigenvalue weighted by Crippen LogP contribution is 2.06. The van der Waals surface area contributed by atoms with Crippen molar-refractivity contribution in [1.29, 1.82) is 0 Å². The van der Waals surface area contributed by atoms with Crippen molar-refractivity contribution < 1.29 is 5.11 Å². The average molecular weight is 159 g/mol. The Kier molecular flexibility index (Phi) is 2.58. The molecule has 0 aliphatic heterocycles. The monoisotopic (exact) mass is 159 g/mol. The summed E-state index contributed by atoms with van der Waals surface area (Å²) in [6.07, 6.45) is 1.68. The molecule has 1 rings (SSSR count). The van der Waals surface area contributed by atoms with Gasteiger partial charge in [-0.1, -0.05) is 0 Å². The molecule has 5 heteroatoms. The van der Waals surface area contributed by atoms with Gasteiger partial charge in [0, 0.05) is 13.6 Å². The van der Waals surface area contributed by atoms with Crippen LogP contribution in [0.4, 0.5) is 5.82 Å². The minimum Gasteiger partial charge on any atom is -0.395 e. The predicted molar refractivity (Wildman–Crippen MR) is 40.3 cm³/mol. The molecule has 1 N–H and O–H groups in total. The van der Waals surface area contributed by atoms with Gasteiger partial charge >= 0.3 is 0 Å². The van der Waals surface area contributed by atoms with Crippen molar-refractivity contribution in [2.75, 3.05) is 25.1 Å². The van der Waals surface area contributed by atoms with Gasteiger partial charge in [-0.25, -0.2) is 0 Å². The highest BCUT2D eigenvalue weighted by atomic mass is 32.1. The third-order valence-electron chi connectivity index (χ3n) is 1.18. The molecule has 1 heterocycles. The van der Waals surface area contributed by atoms with Crippen molar-refractivity contribution in [2.45, 2.75) is 0 Å². The zero-order valence-corrected chi connectivity index (χ0v) is 6.51. The van der Waals surface area contributed by atoms with Gasteiger partial charge in [0.1, 0.15) is 0 Å². The summed E-state index contributed by atoms with van der Waals surface area (Å²) in [6, 6.07) is 0. The number of hydrogen-bond donors (Lipinski definition) is 1. The van der Waals surface area contributed by atoms with Gasteiger partial charge in [0.25, 0.3) is 0 Å². The fraction of sp³-hybridized carbons (Fsp3) is 0.600. The SMILES string of the molecule is CN(CCO)c1cnsn1. The first-order valence-electron chi connectivity index (χ1n) is 2.94. The molecule has 0 aliphatic carbocycles. The standard InChI is InChI=1S/C5H9N3OS/c1-8(2-3-9)5-4-6-10-7-5/h4,9H,2-3H2,1H3. The molecule has 0 amide bonds. The Hall–Kier alpha value is -0.680. The lowest BCUT2D eigenvalue weighted by atomic mass is 10.5.